The summed E-state index contributed by atoms with van der Waals surface area (Å²) in [6.07, 6.45) is 3.55. The lowest BCUT2D eigenvalue weighted by molar-refractivity contribution is -0.185. The Bertz CT molecular complexity index is 1560. The largest absolute Gasteiger partial charge is 0.480 e. The number of rotatable bonds is 5. The van der Waals surface area contributed by atoms with Gasteiger partial charge in [-0.3, -0.25) is 14.4 Å². The first kappa shape index (κ1) is 24.3. The van der Waals surface area contributed by atoms with Crippen molar-refractivity contribution in [3.05, 3.63) is 87.3 Å². The van der Waals surface area contributed by atoms with Crippen molar-refractivity contribution in [2.45, 2.75) is 55.3 Å². The molecule has 2 bridgehead atoms. The summed E-state index contributed by atoms with van der Waals surface area (Å²) in [7, 11) is 2.04. The van der Waals surface area contributed by atoms with Crippen LogP contribution in [0.2, 0.25) is 0 Å². The van der Waals surface area contributed by atoms with Crippen molar-refractivity contribution in [3.63, 3.8) is 0 Å². The maximum absolute atomic E-state index is 13.4. The van der Waals surface area contributed by atoms with Gasteiger partial charge in [0.2, 0.25) is 5.56 Å². The maximum atomic E-state index is 13.4. The molecular weight excluding hydrogens is 494 g/mol. The predicted octanol–water partition coefficient (Wildman–Crippen LogP) is 2.37. The zero-order valence-corrected chi connectivity index (χ0v) is 21.8. The highest BCUT2D eigenvalue weighted by Gasteiger charge is 2.72. The first-order valence-corrected chi connectivity index (χ1v) is 13.7. The molecule has 0 radical (unpaired) electrons. The van der Waals surface area contributed by atoms with Gasteiger partial charge in [-0.05, 0) is 73.7 Å². The van der Waals surface area contributed by atoms with Gasteiger partial charge in [-0.2, -0.15) is 0 Å². The topological polar surface area (TPSA) is 112 Å². The van der Waals surface area contributed by atoms with Crippen molar-refractivity contribution in [2.75, 3.05) is 20.1 Å². The highest BCUT2D eigenvalue weighted by molar-refractivity contribution is 5.99. The van der Waals surface area contributed by atoms with E-state index in [0.29, 0.717) is 43.5 Å². The standard InChI is InChI=1S/C31H31N3O5/c1-34-15-12-30-26-21-6-7-22(27(26)39-28(30)23(35)8-11-31(30,38)24(34)16-21)29(37)33-13-9-18-2-4-19(5-3-18)20-10-14-32-25(36)17-20/h2-7,10,14,17,24,28,38H,8-9,11-13,15-16H2,1H3,(H,32,36)(H,33,37)/t24-,28+,30+,31-/m1/s1. The highest BCUT2D eigenvalue weighted by Crippen LogP contribution is 2.63. The van der Waals surface area contributed by atoms with E-state index < -0.39 is 17.1 Å². The Labute approximate surface area is 226 Å². The van der Waals surface area contributed by atoms with Crippen molar-refractivity contribution >= 4 is 11.7 Å². The van der Waals surface area contributed by atoms with Gasteiger partial charge in [0.05, 0.1) is 16.6 Å². The van der Waals surface area contributed by atoms with Crippen LogP contribution in [0.15, 0.2) is 59.5 Å². The van der Waals surface area contributed by atoms with E-state index in [9.17, 15) is 19.5 Å². The fraction of sp³-hybridized carbons (Fsp3) is 0.387. The number of aromatic amines is 1. The summed E-state index contributed by atoms with van der Waals surface area (Å²) in [5.41, 5.74) is 3.27. The number of benzene rings is 2. The van der Waals surface area contributed by atoms with Crippen LogP contribution in [0.4, 0.5) is 0 Å². The lowest BCUT2D eigenvalue weighted by atomic mass is 9.49. The molecule has 3 heterocycles. The van der Waals surface area contributed by atoms with Crippen molar-refractivity contribution in [1.82, 2.24) is 15.2 Å². The number of ketones is 1. The van der Waals surface area contributed by atoms with Crippen LogP contribution in [-0.4, -0.2) is 64.6 Å². The molecule has 2 aliphatic carbocycles. The summed E-state index contributed by atoms with van der Waals surface area (Å²) in [5, 5.41) is 15.1. The van der Waals surface area contributed by atoms with Crippen LogP contribution in [0, 0.1) is 0 Å². The molecule has 0 unspecified atom stereocenters. The van der Waals surface area contributed by atoms with E-state index >= 15 is 0 Å². The highest BCUT2D eigenvalue weighted by atomic mass is 16.5. The number of carbonyl (C=O) groups excluding carboxylic acids is 2. The van der Waals surface area contributed by atoms with E-state index in [1.807, 2.05) is 43.4 Å². The fourth-order valence-electron chi connectivity index (χ4n) is 7.63. The number of nitrogens with zero attached hydrogens (tertiary/aromatic N) is 1. The number of likely N-dealkylation sites (N-methyl/N-ethyl adjacent to an activating group) is 1. The van der Waals surface area contributed by atoms with E-state index in [4.69, 9.17) is 4.74 Å². The van der Waals surface area contributed by atoms with Gasteiger partial charge in [-0.25, -0.2) is 0 Å². The lowest BCUT2D eigenvalue weighted by Crippen LogP contribution is -2.76. The number of aliphatic hydroxyl groups is 1. The molecule has 1 saturated heterocycles. The van der Waals surface area contributed by atoms with Crippen LogP contribution in [0.3, 0.4) is 0 Å². The summed E-state index contributed by atoms with van der Waals surface area (Å²) in [5.74, 6) is 0.254. The molecule has 2 fully saturated rings. The summed E-state index contributed by atoms with van der Waals surface area (Å²) in [4.78, 5) is 42.9. The van der Waals surface area contributed by atoms with E-state index in [0.717, 1.165) is 34.4 Å². The average molecular weight is 526 g/mol. The van der Waals surface area contributed by atoms with E-state index in [-0.39, 0.29) is 29.7 Å². The molecule has 7 rings (SSSR count). The van der Waals surface area contributed by atoms with E-state index in [2.05, 4.69) is 15.2 Å². The van der Waals surface area contributed by atoms with Gasteiger partial charge < -0.3 is 25.0 Å². The third-order valence-corrected chi connectivity index (χ3v) is 9.55. The molecular formula is C31H31N3O5. The number of H-pyrrole nitrogens is 1. The molecule has 3 N–H and O–H groups in total. The molecule has 2 aliphatic heterocycles. The quantitative estimate of drug-likeness (QED) is 0.472. The molecule has 8 nitrogen and oxygen atoms in total. The van der Waals surface area contributed by atoms with Gasteiger partial charge >= 0.3 is 0 Å². The van der Waals surface area contributed by atoms with Crippen molar-refractivity contribution in [2.24, 2.45) is 0 Å². The molecule has 3 aromatic rings. The van der Waals surface area contributed by atoms with Gasteiger partial charge in [0, 0.05) is 36.8 Å². The third kappa shape index (κ3) is 3.41. The number of hydrogen-bond acceptors (Lipinski definition) is 6. The van der Waals surface area contributed by atoms with E-state index in [1.165, 1.54) is 0 Å². The number of hydrogen-bond donors (Lipinski definition) is 3. The second-order valence-corrected chi connectivity index (χ2v) is 11.4. The van der Waals surface area contributed by atoms with Crippen LogP contribution in [0.5, 0.6) is 5.75 Å². The monoisotopic (exact) mass is 525 g/mol. The summed E-state index contributed by atoms with van der Waals surface area (Å²) in [6, 6.07) is 15.1. The van der Waals surface area contributed by atoms with Crippen molar-refractivity contribution in [3.8, 4) is 16.9 Å². The van der Waals surface area contributed by atoms with Crippen LogP contribution in [0.25, 0.3) is 11.1 Å². The van der Waals surface area contributed by atoms with Crippen LogP contribution in [0.1, 0.15) is 46.3 Å². The minimum Gasteiger partial charge on any atom is -0.480 e. The Balaban J connectivity index is 1.12. The Morgan fingerprint density at radius 1 is 1.13 bits per heavy atom. The number of ether oxygens (including phenoxy) is 1. The Hall–Kier alpha value is -3.75. The minimum absolute atomic E-state index is 0.0157. The molecule has 1 spiro atoms. The van der Waals surface area contributed by atoms with Gasteiger partial charge in [0.25, 0.3) is 5.91 Å². The number of carbonyl (C=O) groups is 2. The molecule has 200 valence electrons. The molecule has 1 saturated carbocycles. The van der Waals surface area contributed by atoms with Crippen LogP contribution < -0.4 is 15.6 Å². The van der Waals surface area contributed by atoms with Crippen LogP contribution in [-0.2, 0) is 23.1 Å². The average Bonchev–Trinajstić information content (AvgIpc) is 3.29. The Kier molecular flexibility index (Phi) is 5.38. The van der Waals surface area contributed by atoms with Crippen molar-refractivity contribution < 1.29 is 19.4 Å². The number of piperidine rings is 1. The van der Waals surface area contributed by atoms with Gasteiger partial charge in [0.15, 0.2) is 11.9 Å². The zero-order valence-electron chi connectivity index (χ0n) is 21.8. The minimum atomic E-state index is -1.05. The normalized spacial score (nSPS) is 28.5. The van der Waals surface area contributed by atoms with Crippen LogP contribution >= 0.6 is 0 Å². The zero-order chi connectivity index (χ0) is 26.9. The smallest absolute Gasteiger partial charge is 0.255 e. The van der Waals surface area contributed by atoms with E-state index in [1.54, 1.807) is 18.3 Å². The first-order chi connectivity index (χ1) is 18.8. The number of pyridine rings is 1. The molecule has 1 aromatic heterocycles. The second-order valence-electron chi connectivity index (χ2n) is 11.4. The molecule has 4 atom stereocenters. The molecule has 2 aromatic carbocycles. The Morgan fingerprint density at radius 3 is 2.74 bits per heavy atom. The van der Waals surface area contributed by atoms with Gasteiger partial charge in [-0.1, -0.05) is 30.3 Å². The lowest BCUT2D eigenvalue weighted by Gasteiger charge is -2.62. The SMILES string of the molecule is CN1CC[C@]23c4c5ccc(C(=O)NCCc6ccc(-c7cc[nH]c(=O)c7)cc6)c4O[C@H]2C(=O)CC[C@@]3(O)[C@H]1C5. The molecule has 1 amide bonds. The molecule has 4 aliphatic rings. The second kappa shape index (κ2) is 8.63. The summed E-state index contributed by atoms with van der Waals surface area (Å²) >= 11 is 0. The molecule has 39 heavy (non-hydrogen) atoms. The number of amides is 1. The fourth-order valence-corrected chi connectivity index (χ4v) is 7.63. The maximum Gasteiger partial charge on any atom is 0.255 e. The van der Waals surface area contributed by atoms with Crippen molar-refractivity contribution in [1.29, 1.82) is 0 Å². The van der Waals surface area contributed by atoms with Gasteiger partial charge in [0.1, 0.15) is 5.75 Å². The summed E-state index contributed by atoms with van der Waals surface area (Å²) in [6.45, 7) is 1.21. The first-order valence-electron chi connectivity index (χ1n) is 13.7. The number of nitrogens with one attached hydrogen (secondary N) is 2. The summed E-state index contributed by atoms with van der Waals surface area (Å²) < 4.78 is 6.36. The predicted molar refractivity (Wildman–Crippen MR) is 145 cm³/mol. The number of likely N-dealkylation sites (tertiary alicyclic amines) is 1. The molecule has 8 heteroatoms. The number of Topliss-reactive ketones (excluding diaryl/α,β-unsaturated/α-hetero) is 1. The Morgan fingerprint density at radius 2 is 1.95 bits per heavy atom. The number of aromatic nitrogens is 1. The van der Waals surface area contributed by atoms with Gasteiger partial charge in [-0.15, -0.1) is 0 Å². The third-order valence-electron chi connectivity index (χ3n) is 9.55.